The average molecular weight is 253 g/mol. The van der Waals surface area contributed by atoms with Crippen molar-refractivity contribution in [3.63, 3.8) is 0 Å². The van der Waals surface area contributed by atoms with Gasteiger partial charge in [0.2, 0.25) is 0 Å². The summed E-state index contributed by atoms with van der Waals surface area (Å²) in [4.78, 5) is 10.6. The van der Waals surface area contributed by atoms with Gasteiger partial charge in [-0.1, -0.05) is 0 Å². The van der Waals surface area contributed by atoms with Gasteiger partial charge in [0, 0.05) is 0 Å². The van der Waals surface area contributed by atoms with E-state index in [0.717, 1.165) is 7.11 Å². The van der Waals surface area contributed by atoms with Crippen LogP contribution in [0.1, 0.15) is 6.42 Å². The molecule has 9 heteroatoms. The summed E-state index contributed by atoms with van der Waals surface area (Å²) >= 11 is 0. The zero-order valence-electron chi connectivity index (χ0n) is 8.02. The van der Waals surface area contributed by atoms with Gasteiger partial charge in [0.25, 0.3) is 0 Å². The fourth-order valence-electron chi connectivity index (χ4n) is 0.954. The summed E-state index contributed by atoms with van der Waals surface area (Å²) in [6.45, 7) is 0. The molecule has 0 unspecified atom stereocenters. The fourth-order valence-corrected chi connectivity index (χ4v) is 0.954. The monoisotopic (exact) mass is 253 g/mol. The van der Waals surface area contributed by atoms with E-state index in [9.17, 15) is 31.1 Å². The molecule has 0 aromatic heterocycles. The lowest BCUT2D eigenvalue weighted by atomic mass is 9.99. The maximum Gasteiger partial charge on any atom is 0.400 e. The SMILES string of the molecule is COC(=O)[C@H](N)CC(C(F)(F)F)C(F)(F)F. The quantitative estimate of drug-likeness (QED) is 0.614. The topological polar surface area (TPSA) is 52.3 Å². The maximum absolute atomic E-state index is 12.0. The highest BCUT2D eigenvalue weighted by Gasteiger charge is 2.57. The van der Waals surface area contributed by atoms with Crippen molar-refractivity contribution in [1.82, 2.24) is 0 Å². The van der Waals surface area contributed by atoms with Crippen LogP contribution >= 0.6 is 0 Å². The van der Waals surface area contributed by atoms with E-state index >= 15 is 0 Å². The number of alkyl halides is 6. The van der Waals surface area contributed by atoms with E-state index in [4.69, 9.17) is 5.73 Å². The Morgan fingerprint density at radius 1 is 1.19 bits per heavy atom. The van der Waals surface area contributed by atoms with Gasteiger partial charge in [-0.2, -0.15) is 26.3 Å². The molecule has 0 aromatic rings. The van der Waals surface area contributed by atoms with Crippen LogP contribution in [0.3, 0.4) is 0 Å². The van der Waals surface area contributed by atoms with Crippen LogP contribution in [0.25, 0.3) is 0 Å². The Morgan fingerprint density at radius 3 is 1.81 bits per heavy atom. The van der Waals surface area contributed by atoms with E-state index in [0.29, 0.717) is 0 Å². The van der Waals surface area contributed by atoms with Gasteiger partial charge in [0.1, 0.15) is 6.04 Å². The summed E-state index contributed by atoms with van der Waals surface area (Å²) in [6, 6.07) is -1.96. The third-order valence-electron chi connectivity index (χ3n) is 1.78. The van der Waals surface area contributed by atoms with E-state index in [-0.39, 0.29) is 0 Å². The van der Waals surface area contributed by atoms with Crippen LogP contribution < -0.4 is 5.73 Å². The highest BCUT2D eigenvalue weighted by atomic mass is 19.4. The van der Waals surface area contributed by atoms with Gasteiger partial charge < -0.3 is 10.5 Å². The standard InChI is InChI=1S/C7H9F6NO2/c1-16-5(15)3(14)2-4(6(8,9)10)7(11,12)13/h3-4H,2,14H2,1H3/t3-/m1/s1. The van der Waals surface area contributed by atoms with Crippen molar-refractivity contribution in [3.8, 4) is 0 Å². The number of hydrogen-bond acceptors (Lipinski definition) is 3. The third-order valence-corrected chi connectivity index (χ3v) is 1.78. The molecule has 0 aliphatic heterocycles. The summed E-state index contributed by atoms with van der Waals surface area (Å²) in [5.41, 5.74) is 4.85. The zero-order chi connectivity index (χ0) is 13.1. The Labute approximate surface area is 86.5 Å². The summed E-state index contributed by atoms with van der Waals surface area (Å²) in [7, 11) is 0.818. The zero-order valence-corrected chi connectivity index (χ0v) is 8.02. The molecule has 0 aliphatic rings. The molecule has 0 spiro atoms. The average Bonchev–Trinajstić information content (AvgIpc) is 2.08. The van der Waals surface area contributed by atoms with Gasteiger partial charge in [-0.05, 0) is 6.42 Å². The predicted octanol–water partition coefficient (Wildman–Crippen LogP) is 1.62. The molecule has 0 bridgehead atoms. The molecule has 0 rings (SSSR count). The smallest absolute Gasteiger partial charge is 0.400 e. The summed E-state index contributed by atoms with van der Waals surface area (Å²) < 4.78 is 76.0. The Hall–Kier alpha value is -0.990. The second-order valence-corrected chi connectivity index (χ2v) is 3.00. The van der Waals surface area contributed by atoms with Gasteiger partial charge in [-0.15, -0.1) is 0 Å². The Bertz CT molecular complexity index is 234. The van der Waals surface area contributed by atoms with Crippen LogP contribution in [0.2, 0.25) is 0 Å². The van der Waals surface area contributed by atoms with Crippen LogP contribution in [0.5, 0.6) is 0 Å². The number of ether oxygens (including phenoxy) is 1. The molecule has 0 aliphatic carbocycles. The number of nitrogens with two attached hydrogens (primary N) is 1. The van der Waals surface area contributed by atoms with E-state index in [1.54, 1.807) is 0 Å². The molecule has 0 saturated carbocycles. The largest absolute Gasteiger partial charge is 0.468 e. The molecule has 16 heavy (non-hydrogen) atoms. The summed E-state index contributed by atoms with van der Waals surface area (Å²) in [5, 5.41) is 0. The number of carbonyl (C=O) groups is 1. The number of methoxy groups -OCH3 is 1. The molecular weight excluding hydrogens is 244 g/mol. The molecule has 0 fully saturated rings. The number of rotatable bonds is 3. The number of carbonyl (C=O) groups excluding carboxylic acids is 1. The fraction of sp³-hybridized carbons (Fsp3) is 0.857. The normalized spacial score (nSPS) is 15.1. The molecule has 3 nitrogen and oxygen atoms in total. The second kappa shape index (κ2) is 4.89. The maximum atomic E-state index is 12.0. The van der Waals surface area contributed by atoms with Crippen molar-refractivity contribution in [2.45, 2.75) is 24.8 Å². The Kier molecular flexibility index (Phi) is 4.59. The second-order valence-electron chi connectivity index (χ2n) is 3.00. The van der Waals surface area contributed by atoms with Crippen molar-refractivity contribution in [2.24, 2.45) is 11.7 Å². The minimum absolute atomic E-state index is 0.818. The minimum atomic E-state index is -5.50. The molecule has 0 radical (unpaired) electrons. The van der Waals surface area contributed by atoms with Gasteiger partial charge in [0.05, 0.1) is 7.11 Å². The van der Waals surface area contributed by atoms with E-state index < -0.39 is 36.7 Å². The summed E-state index contributed by atoms with van der Waals surface area (Å²) in [5.74, 6) is -4.95. The first-order valence-electron chi connectivity index (χ1n) is 3.97. The van der Waals surface area contributed by atoms with E-state index in [1.807, 2.05) is 0 Å². The van der Waals surface area contributed by atoms with Crippen molar-refractivity contribution in [1.29, 1.82) is 0 Å². The molecule has 1 atom stereocenters. The van der Waals surface area contributed by atoms with Crippen LogP contribution in [0.4, 0.5) is 26.3 Å². The lowest BCUT2D eigenvalue weighted by molar-refractivity contribution is -0.286. The van der Waals surface area contributed by atoms with Crippen LogP contribution in [0.15, 0.2) is 0 Å². The minimum Gasteiger partial charge on any atom is -0.468 e. The van der Waals surface area contributed by atoms with Crippen molar-refractivity contribution in [3.05, 3.63) is 0 Å². The first-order chi connectivity index (χ1) is 7.00. The van der Waals surface area contributed by atoms with E-state index in [2.05, 4.69) is 4.74 Å². The lowest BCUT2D eigenvalue weighted by Gasteiger charge is -2.24. The molecule has 0 aromatic carbocycles. The van der Waals surface area contributed by atoms with Gasteiger partial charge in [-0.25, -0.2) is 0 Å². The first-order valence-corrected chi connectivity index (χ1v) is 3.97. The molecule has 0 saturated heterocycles. The molecule has 96 valence electrons. The lowest BCUT2D eigenvalue weighted by Crippen LogP contribution is -2.43. The van der Waals surface area contributed by atoms with Gasteiger partial charge in [0.15, 0.2) is 5.92 Å². The third kappa shape index (κ3) is 4.25. The van der Waals surface area contributed by atoms with Gasteiger partial charge >= 0.3 is 18.3 Å². The van der Waals surface area contributed by atoms with Crippen LogP contribution in [-0.2, 0) is 9.53 Å². The highest BCUT2D eigenvalue weighted by Crippen LogP contribution is 2.41. The molecular formula is C7H9F6NO2. The van der Waals surface area contributed by atoms with Gasteiger partial charge in [-0.3, -0.25) is 4.79 Å². The first kappa shape index (κ1) is 15.0. The Balaban J connectivity index is 4.77. The van der Waals surface area contributed by atoms with Crippen molar-refractivity contribution in [2.75, 3.05) is 7.11 Å². The van der Waals surface area contributed by atoms with Crippen molar-refractivity contribution >= 4 is 5.97 Å². The van der Waals surface area contributed by atoms with Crippen LogP contribution in [-0.4, -0.2) is 31.5 Å². The predicted molar refractivity (Wildman–Crippen MR) is 40.2 cm³/mol. The number of halogens is 6. The number of hydrogen-bond donors (Lipinski definition) is 1. The highest BCUT2D eigenvalue weighted by molar-refractivity contribution is 5.75. The van der Waals surface area contributed by atoms with Crippen LogP contribution in [0, 0.1) is 5.92 Å². The molecule has 0 amide bonds. The summed E-state index contributed by atoms with van der Waals surface area (Å²) in [6.07, 6.45) is -12.6. The van der Waals surface area contributed by atoms with E-state index in [1.165, 1.54) is 0 Å². The molecule has 0 heterocycles. The van der Waals surface area contributed by atoms with Crippen molar-refractivity contribution < 1.29 is 35.9 Å². The number of esters is 1. The Morgan fingerprint density at radius 2 is 1.56 bits per heavy atom. The molecule has 2 N–H and O–H groups in total.